The first-order valence-electron chi connectivity index (χ1n) is 4.45. The molecule has 0 nitrogen and oxygen atoms in total. The molecule has 0 fully saturated rings. The molecule has 60 valence electrons. The summed E-state index contributed by atoms with van der Waals surface area (Å²) in [6, 6.07) is 0. The van der Waals surface area contributed by atoms with Crippen molar-refractivity contribution >= 4 is 0 Å². The molecule has 0 N–H and O–H groups in total. The quantitative estimate of drug-likeness (QED) is 0.460. The van der Waals surface area contributed by atoms with E-state index in [0.29, 0.717) is 0 Å². The van der Waals surface area contributed by atoms with Gasteiger partial charge in [0.2, 0.25) is 0 Å². The SMILES string of the molecule is C1=CCC/C=C\C/C=C\CC1. The van der Waals surface area contributed by atoms with Crippen molar-refractivity contribution in [1.82, 2.24) is 0 Å². The number of hydrogen-bond donors (Lipinski definition) is 0. The lowest BCUT2D eigenvalue weighted by Crippen LogP contribution is -1.65. The summed E-state index contributed by atoms with van der Waals surface area (Å²) in [5.74, 6) is 0. The maximum Gasteiger partial charge on any atom is -0.0169 e. The van der Waals surface area contributed by atoms with Crippen molar-refractivity contribution < 1.29 is 0 Å². The zero-order valence-corrected chi connectivity index (χ0v) is 7.00. The molecule has 0 aliphatic heterocycles. The Kier molecular flexibility index (Phi) is 4.51. The Morgan fingerprint density at radius 3 is 1.27 bits per heavy atom. The fourth-order valence-electron chi connectivity index (χ4n) is 1.13. The van der Waals surface area contributed by atoms with Gasteiger partial charge in [0.15, 0.2) is 0 Å². The van der Waals surface area contributed by atoms with E-state index < -0.39 is 0 Å². The van der Waals surface area contributed by atoms with Gasteiger partial charge in [-0.2, -0.15) is 0 Å². The molecule has 1 aliphatic rings. The van der Waals surface area contributed by atoms with Gasteiger partial charge in [0.1, 0.15) is 0 Å². The van der Waals surface area contributed by atoms with Crippen molar-refractivity contribution in [2.24, 2.45) is 0 Å². The summed E-state index contributed by atoms with van der Waals surface area (Å²) in [5.41, 5.74) is 0. The van der Waals surface area contributed by atoms with E-state index in [4.69, 9.17) is 0 Å². The summed E-state index contributed by atoms with van der Waals surface area (Å²) in [6.07, 6.45) is 19.5. The zero-order valence-electron chi connectivity index (χ0n) is 7.00. The van der Waals surface area contributed by atoms with Crippen LogP contribution in [-0.2, 0) is 0 Å². The van der Waals surface area contributed by atoms with E-state index in [-0.39, 0.29) is 0 Å². The molecule has 0 spiro atoms. The second-order valence-electron chi connectivity index (χ2n) is 2.80. The summed E-state index contributed by atoms with van der Waals surface area (Å²) >= 11 is 0. The van der Waals surface area contributed by atoms with Gasteiger partial charge in [-0.1, -0.05) is 36.5 Å². The van der Waals surface area contributed by atoms with Crippen LogP contribution in [0.1, 0.15) is 32.1 Å². The van der Waals surface area contributed by atoms with Gasteiger partial charge in [-0.3, -0.25) is 0 Å². The summed E-state index contributed by atoms with van der Waals surface area (Å²) in [5, 5.41) is 0. The Morgan fingerprint density at radius 1 is 0.455 bits per heavy atom. The molecule has 0 aromatic heterocycles. The van der Waals surface area contributed by atoms with Crippen LogP contribution in [0.25, 0.3) is 0 Å². The predicted octanol–water partition coefficient (Wildman–Crippen LogP) is 3.62. The molecule has 0 radical (unpaired) electrons. The van der Waals surface area contributed by atoms with Gasteiger partial charge >= 0.3 is 0 Å². The van der Waals surface area contributed by atoms with Crippen molar-refractivity contribution in [3.05, 3.63) is 36.5 Å². The van der Waals surface area contributed by atoms with E-state index in [2.05, 4.69) is 36.5 Å². The highest BCUT2D eigenvalue weighted by molar-refractivity contribution is 4.96. The molecule has 0 aromatic rings. The van der Waals surface area contributed by atoms with Gasteiger partial charge in [0.05, 0.1) is 0 Å². The van der Waals surface area contributed by atoms with Gasteiger partial charge in [-0.05, 0) is 32.1 Å². The molecule has 0 unspecified atom stereocenters. The topological polar surface area (TPSA) is 0 Å². The van der Waals surface area contributed by atoms with Crippen LogP contribution in [0.2, 0.25) is 0 Å². The van der Waals surface area contributed by atoms with Gasteiger partial charge in [0.25, 0.3) is 0 Å². The Morgan fingerprint density at radius 2 is 0.818 bits per heavy atom. The number of hydrogen-bond acceptors (Lipinski definition) is 0. The highest BCUT2D eigenvalue weighted by Gasteiger charge is 1.80. The van der Waals surface area contributed by atoms with Crippen molar-refractivity contribution in [2.75, 3.05) is 0 Å². The second-order valence-corrected chi connectivity index (χ2v) is 2.80. The molecular formula is C11H16. The third-order valence-electron chi connectivity index (χ3n) is 1.77. The molecule has 0 bridgehead atoms. The average Bonchev–Trinajstić information content (AvgIpc) is 2.08. The van der Waals surface area contributed by atoms with E-state index in [1.807, 2.05) is 0 Å². The van der Waals surface area contributed by atoms with Crippen LogP contribution in [0.4, 0.5) is 0 Å². The molecule has 11 heavy (non-hydrogen) atoms. The highest BCUT2D eigenvalue weighted by atomic mass is 13.9. The van der Waals surface area contributed by atoms with Crippen LogP contribution in [0.5, 0.6) is 0 Å². The summed E-state index contributed by atoms with van der Waals surface area (Å²) < 4.78 is 0. The van der Waals surface area contributed by atoms with Crippen molar-refractivity contribution in [2.45, 2.75) is 32.1 Å². The standard InChI is InChI=1S/C11H16/c1-2-4-6-8-10-11-9-7-5-3-1/h1-2,5,7-8,10H,3-4,6,9,11H2/b2-1-,7-5-,10-8?. The zero-order chi connectivity index (χ0) is 7.78. The van der Waals surface area contributed by atoms with Crippen LogP contribution in [0.3, 0.4) is 0 Å². The lowest BCUT2D eigenvalue weighted by molar-refractivity contribution is 1.01. The molecule has 0 aromatic carbocycles. The van der Waals surface area contributed by atoms with Gasteiger partial charge < -0.3 is 0 Å². The fourth-order valence-corrected chi connectivity index (χ4v) is 1.13. The van der Waals surface area contributed by atoms with Gasteiger partial charge in [-0.15, -0.1) is 0 Å². The smallest absolute Gasteiger partial charge is 0.0169 e. The second kappa shape index (κ2) is 5.96. The first-order chi connectivity index (χ1) is 5.50. The van der Waals surface area contributed by atoms with Crippen LogP contribution in [0.15, 0.2) is 36.5 Å². The van der Waals surface area contributed by atoms with E-state index in [9.17, 15) is 0 Å². The van der Waals surface area contributed by atoms with Crippen molar-refractivity contribution in [3.8, 4) is 0 Å². The van der Waals surface area contributed by atoms with Crippen LogP contribution >= 0.6 is 0 Å². The molecule has 0 heterocycles. The molecule has 0 heteroatoms. The Labute approximate surface area is 69.3 Å². The molecule has 0 saturated heterocycles. The Bertz CT molecular complexity index is 143. The summed E-state index contributed by atoms with van der Waals surface area (Å²) in [4.78, 5) is 0. The molecule has 0 atom stereocenters. The lowest BCUT2D eigenvalue weighted by atomic mass is 10.2. The van der Waals surface area contributed by atoms with E-state index in [1.54, 1.807) is 0 Å². The minimum atomic E-state index is 1.11. The first-order valence-corrected chi connectivity index (χ1v) is 4.45. The molecule has 0 saturated carbocycles. The molecule has 0 amide bonds. The maximum absolute atomic E-state index is 2.28. The number of rotatable bonds is 0. The first kappa shape index (κ1) is 8.32. The third kappa shape index (κ3) is 4.60. The Balaban J connectivity index is 2.34. The number of allylic oxidation sites excluding steroid dienone is 6. The summed E-state index contributed by atoms with van der Waals surface area (Å²) in [7, 11) is 0. The molecular weight excluding hydrogens is 132 g/mol. The van der Waals surface area contributed by atoms with Gasteiger partial charge in [0, 0.05) is 0 Å². The van der Waals surface area contributed by atoms with E-state index in [0.717, 1.165) is 6.42 Å². The third-order valence-corrected chi connectivity index (χ3v) is 1.77. The van der Waals surface area contributed by atoms with E-state index in [1.165, 1.54) is 25.7 Å². The maximum atomic E-state index is 2.28. The van der Waals surface area contributed by atoms with Crippen LogP contribution < -0.4 is 0 Å². The Hall–Kier alpha value is -0.780. The van der Waals surface area contributed by atoms with Crippen LogP contribution in [-0.4, -0.2) is 0 Å². The fraction of sp³-hybridized carbons (Fsp3) is 0.455. The molecule has 1 aliphatic carbocycles. The molecule has 1 rings (SSSR count). The average molecular weight is 148 g/mol. The highest BCUT2D eigenvalue weighted by Crippen LogP contribution is 2.01. The van der Waals surface area contributed by atoms with Crippen molar-refractivity contribution in [3.63, 3.8) is 0 Å². The minimum Gasteiger partial charge on any atom is -0.0882 e. The van der Waals surface area contributed by atoms with Gasteiger partial charge in [-0.25, -0.2) is 0 Å². The lowest BCUT2D eigenvalue weighted by Gasteiger charge is -1.85. The largest absolute Gasteiger partial charge is 0.0882 e. The summed E-state index contributed by atoms with van der Waals surface area (Å²) in [6.45, 7) is 0. The van der Waals surface area contributed by atoms with Crippen LogP contribution in [0, 0.1) is 0 Å². The monoisotopic (exact) mass is 148 g/mol. The normalized spacial score (nSPS) is 25.5. The van der Waals surface area contributed by atoms with Crippen molar-refractivity contribution in [1.29, 1.82) is 0 Å². The minimum absolute atomic E-state index is 1.11. The predicted molar refractivity (Wildman–Crippen MR) is 50.5 cm³/mol. The van der Waals surface area contributed by atoms with E-state index >= 15 is 0 Å².